The monoisotopic (exact) mass is 334 g/mol. The van der Waals surface area contributed by atoms with Crippen molar-refractivity contribution in [3.8, 4) is 5.75 Å². The second-order valence-corrected chi connectivity index (χ2v) is 7.13. The van der Waals surface area contributed by atoms with E-state index in [0.717, 1.165) is 25.7 Å². The molecule has 1 fully saturated rings. The molecule has 0 atom stereocenters. The van der Waals surface area contributed by atoms with Gasteiger partial charge in [0, 0.05) is 12.1 Å². The Morgan fingerprint density at radius 1 is 1.29 bits per heavy atom. The van der Waals surface area contributed by atoms with Crippen molar-refractivity contribution in [2.24, 2.45) is 5.73 Å². The van der Waals surface area contributed by atoms with Crippen LogP contribution >= 0.6 is 12.4 Å². The van der Waals surface area contributed by atoms with Gasteiger partial charge in [0.15, 0.2) is 0 Å². The molecule has 1 saturated carbocycles. The summed E-state index contributed by atoms with van der Waals surface area (Å²) in [6.07, 6.45) is 3.74. The third kappa shape index (κ3) is 4.85. The van der Waals surface area contributed by atoms with Gasteiger partial charge in [-0.15, -0.1) is 12.4 Å². The Labute approximate surface area is 132 Å². The third-order valence-electron chi connectivity index (χ3n) is 3.57. The number of nitrogens with one attached hydrogen (secondary N) is 1. The molecule has 2 rings (SSSR count). The van der Waals surface area contributed by atoms with E-state index in [1.807, 2.05) is 6.92 Å². The predicted molar refractivity (Wildman–Crippen MR) is 85.4 cm³/mol. The summed E-state index contributed by atoms with van der Waals surface area (Å²) < 4.78 is 32.3. The van der Waals surface area contributed by atoms with E-state index in [0.29, 0.717) is 18.9 Å². The first-order valence-corrected chi connectivity index (χ1v) is 8.45. The van der Waals surface area contributed by atoms with Gasteiger partial charge < -0.3 is 10.5 Å². The molecule has 0 amide bonds. The maximum atomic E-state index is 12.1. The predicted octanol–water partition coefficient (Wildman–Crippen LogP) is 2.06. The van der Waals surface area contributed by atoms with Crippen molar-refractivity contribution in [3.63, 3.8) is 0 Å². The molecule has 0 spiro atoms. The van der Waals surface area contributed by atoms with Crippen molar-refractivity contribution in [1.29, 1.82) is 0 Å². The quantitative estimate of drug-likeness (QED) is 0.799. The van der Waals surface area contributed by atoms with Gasteiger partial charge in [0.1, 0.15) is 5.75 Å². The summed E-state index contributed by atoms with van der Waals surface area (Å²) in [5.41, 5.74) is 5.66. The number of ether oxygens (including phenoxy) is 1. The highest BCUT2D eigenvalue weighted by Gasteiger charge is 2.33. The summed E-state index contributed by atoms with van der Waals surface area (Å²) in [6, 6.07) is 6.45. The van der Waals surface area contributed by atoms with Crippen LogP contribution in [0.2, 0.25) is 0 Å². The molecule has 0 radical (unpaired) electrons. The summed E-state index contributed by atoms with van der Waals surface area (Å²) in [7, 11) is -3.49. The minimum absolute atomic E-state index is 0. The van der Waals surface area contributed by atoms with Crippen molar-refractivity contribution in [1.82, 2.24) is 4.72 Å². The number of benzene rings is 1. The van der Waals surface area contributed by atoms with Crippen molar-refractivity contribution in [3.05, 3.63) is 24.3 Å². The first kappa shape index (κ1) is 18.2. The van der Waals surface area contributed by atoms with Crippen LogP contribution in [0.25, 0.3) is 0 Å². The van der Waals surface area contributed by atoms with Crippen LogP contribution in [0.4, 0.5) is 0 Å². The molecule has 0 heterocycles. The fourth-order valence-corrected chi connectivity index (χ4v) is 3.20. The summed E-state index contributed by atoms with van der Waals surface area (Å²) in [5, 5.41) is 0. The van der Waals surface area contributed by atoms with Crippen LogP contribution in [0.3, 0.4) is 0 Å². The van der Waals surface area contributed by atoms with Crippen molar-refractivity contribution >= 4 is 22.4 Å². The van der Waals surface area contributed by atoms with E-state index in [-0.39, 0.29) is 22.8 Å². The van der Waals surface area contributed by atoms with Gasteiger partial charge in [0.25, 0.3) is 0 Å². The van der Waals surface area contributed by atoms with Crippen LogP contribution in [0.15, 0.2) is 29.2 Å². The maximum absolute atomic E-state index is 12.1. The topological polar surface area (TPSA) is 81.4 Å². The first-order chi connectivity index (χ1) is 9.45. The van der Waals surface area contributed by atoms with Gasteiger partial charge in [-0.3, -0.25) is 0 Å². The lowest BCUT2D eigenvalue weighted by Gasteiger charge is -2.37. The van der Waals surface area contributed by atoms with Crippen molar-refractivity contribution < 1.29 is 13.2 Å². The van der Waals surface area contributed by atoms with Crippen molar-refractivity contribution in [2.75, 3.05) is 13.2 Å². The van der Waals surface area contributed by atoms with Gasteiger partial charge in [-0.25, -0.2) is 13.1 Å². The molecule has 1 aliphatic carbocycles. The van der Waals surface area contributed by atoms with Crippen LogP contribution < -0.4 is 15.2 Å². The Kier molecular flexibility index (Phi) is 6.46. The summed E-state index contributed by atoms with van der Waals surface area (Å²) in [4.78, 5) is 0.240. The molecule has 120 valence electrons. The molecule has 1 aliphatic rings. The summed E-state index contributed by atoms with van der Waals surface area (Å²) in [5.74, 6) is 0.681. The summed E-state index contributed by atoms with van der Waals surface area (Å²) >= 11 is 0. The van der Waals surface area contributed by atoms with E-state index < -0.39 is 10.0 Å². The smallest absolute Gasteiger partial charge is 0.240 e. The minimum Gasteiger partial charge on any atom is -0.494 e. The van der Waals surface area contributed by atoms with Gasteiger partial charge in [-0.2, -0.15) is 0 Å². The number of hydrogen-bond donors (Lipinski definition) is 2. The van der Waals surface area contributed by atoms with Crippen LogP contribution in [0.1, 0.15) is 32.6 Å². The molecule has 5 nitrogen and oxygen atoms in total. The fraction of sp³-hybridized carbons (Fsp3) is 0.571. The second kappa shape index (κ2) is 7.45. The lowest BCUT2D eigenvalue weighted by molar-refractivity contribution is 0.251. The van der Waals surface area contributed by atoms with Gasteiger partial charge in [0.2, 0.25) is 10.0 Å². The average molecular weight is 335 g/mol. The average Bonchev–Trinajstić information content (AvgIpc) is 2.41. The molecule has 21 heavy (non-hydrogen) atoms. The normalized spacial score (nSPS) is 16.7. The number of hydrogen-bond acceptors (Lipinski definition) is 4. The highest BCUT2D eigenvalue weighted by Crippen LogP contribution is 2.28. The molecule has 3 N–H and O–H groups in total. The molecular formula is C14H23ClN2O3S. The number of nitrogens with two attached hydrogens (primary N) is 1. The van der Waals surface area contributed by atoms with Gasteiger partial charge >= 0.3 is 0 Å². The Balaban J connectivity index is 0.00000220. The SMILES string of the molecule is CCCOc1ccc(S(=O)(=O)NCC2(N)CCC2)cc1.Cl. The van der Waals surface area contributed by atoms with Gasteiger partial charge in [0.05, 0.1) is 11.5 Å². The zero-order chi connectivity index (χ0) is 14.6. The largest absolute Gasteiger partial charge is 0.494 e. The minimum atomic E-state index is -3.49. The number of rotatable bonds is 7. The van der Waals surface area contributed by atoms with E-state index >= 15 is 0 Å². The highest BCUT2D eigenvalue weighted by atomic mass is 35.5. The Bertz CT molecular complexity index is 542. The third-order valence-corrected chi connectivity index (χ3v) is 4.99. The van der Waals surface area contributed by atoms with Crippen molar-refractivity contribution in [2.45, 2.75) is 43.0 Å². The molecule has 7 heteroatoms. The molecule has 0 saturated heterocycles. The summed E-state index contributed by atoms with van der Waals surface area (Å²) in [6.45, 7) is 2.94. The zero-order valence-electron chi connectivity index (χ0n) is 12.2. The first-order valence-electron chi connectivity index (χ1n) is 6.97. The molecule has 1 aromatic rings. The van der Waals surface area contributed by atoms with E-state index in [2.05, 4.69) is 4.72 Å². The zero-order valence-corrected chi connectivity index (χ0v) is 13.8. The number of halogens is 1. The standard InChI is InChI=1S/C14H22N2O3S.ClH/c1-2-10-19-12-4-6-13(7-5-12)20(17,18)16-11-14(15)8-3-9-14;/h4-7,16H,2-3,8-11,15H2,1H3;1H. The van der Waals surface area contributed by atoms with Crippen LogP contribution in [0, 0.1) is 0 Å². The Morgan fingerprint density at radius 2 is 1.90 bits per heavy atom. The van der Waals surface area contributed by atoms with Crippen LogP contribution in [0.5, 0.6) is 5.75 Å². The number of sulfonamides is 1. The van der Waals surface area contributed by atoms with Crippen LogP contribution in [-0.4, -0.2) is 27.1 Å². The van der Waals surface area contributed by atoms with E-state index in [9.17, 15) is 8.42 Å². The van der Waals surface area contributed by atoms with Gasteiger partial charge in [-0.05, 0) is 49.9 Å². The fourth-order valence-electron chi connectivity index (χ4n) is 2.06. The maximum Gasteiger partial charge on any atom is 0.240 e. The molecule has 0 unspecified atom stereocenters. The Morgan fingerprint density at radius 3 is 2.38 bits per heavy atom. The lowest BCUT2D eigenvalue weighted by Crippen LogP contribution is -2.54. The van der Waals surface area contributed by atoms with Gasteiger partial charge in [-0.1, -0.05) is 6.92 Å². The second-order valence-electron chi connectivity index (χ2n) is 5.36. The van der Waals surface area contributed by atoms with E-state index in [1.165, 1.54) is 0 Å². The molecular weight excluding hydrogens is 312 g/mol. The van der Waals surface area contributed by atoms with Crippen LogP contribution in [-0.2, 0) is 10.0 Å². The molecule has 0 bridgehead atoms. The Hall–Kier alpha value is -0.820. The van der Waals surface area contributed by atoms with E-state index in [1.54, 1.807) is 24.3 Å². The lowest BCUT2D eigenvalue weighted by atomic mass is 9.78. The van der Waals surface area contributed by atoms with E-state index in [4.69, 9.17) is 10.5 Å². The molecule has 0 aromatic heterocycles. The highest BCUT2D eigenvalue weighted by molar-refractivity contribution is 7.89. The molecule has 0 aliphatic heterocycles. The molecule has 1 aromatic carbocycles.